The van der Waals surface area contributed by atoms with Crippen LogP contribution in [0.4, 0.5) is 10.5 Å². The first-order valence-corrected chi connectivity index (χ1v) is 15.2. The molecule has 4 aliphatic rings. The van der Waals surface area contributed by atoms with Gasteiger partial charge in [-0.2, -0.15) is 0 Å². The molecule has 0 bridgehead atoms. The molecule has 0 aromatic heterocycles. The summed E-state index contributed by atoms with van der Waals surface area (Å²) in [5, 5.41) is 5.39. The topological polar surface area (TPSA) is 130 Å². The van der Waals surface area contributed by atoms with Gasteiger partial charge >= 0.3 is 6.03 Å². The molecule has 1 spiro atoms. The molecule has 3 heterocycles. The van der Waals surface area contributed by atoms with Gasteiger partial charge in [-0.3, -0.25) is 24.6 Å². The summed E-state index contributed by atoms with van der Waals surface area (Å²) in [7, 11) is 1.65. The number of epoxide rings is 2. The van der Waals surface area contributed by atoms with Crippen LogP contribution in [0.2, 0.25) is 0 Å². The molecule has 1 aromatic rings. The number of benzene rings is 1. The molecule has 0 unspecified atom stereocenters. The van der Waals surface area contributed by atoms with Crippen molar-refractivity contribution in [2.75, 3.05) is 24.4 Å². The fraction of sp³-hybridized carbons (Fsp3) is 0.600. The average molecular weight is 586 g/mol. The predicted octanol–water partition coefficient (Wildman–Crippen LogP) is 3.72. The third-order valence-electron chi connectivity index (χ3n) is 8.61. The average Bonchev–Trinajstić information content (AvgIpc) is 3.84. The number of nitrogens with one attached hydrogen (secondary N) is 2. The lowest BCUT2D eigenvalue weighted by atomic mass is 9.67. The molecule has 1 saturated carbocycles. The van der Waals surface area contributed by atoms with E-state index in [1.165, 1.54) is 22.2 Å². The molecule has 2 N–H and O–H groups in total. The largest absolute Gasteiger partial charge is 0.379 e. The highest BCUT2D eigenvalue weighted by atomic mass is 32.2. The Morgan fingerprint density at radius 3 is 2.46 bits per heavy atom. The first kappa shape index (κ1) is 29.8. The number of carbonyl (C=O) groups excluding carboxylic acids is 4. The molecular weight excluding hydrogens is 546 g/mol. The minimum absolute atomic E-state index is 0.0320. The second-order valence-corrected chi connectivity index (χ2v) is 12.8. The highest BCUT2D eigenvalue weighted by Gasteiger charge is 2.71. The Kier molecular flexibility index (Phi) is 8.61. The van der Waals surface area contributed by atoms with Gasteiger partial charge in [0.15, 0.2) is 0 Å². The van der Waals surface area contributed by atoms with Crippen LogP contribution in [-0.4, -0.2) is 72.7 Å². The van der Waals surface area contributed by atoms with Gasteiger partial charge in [0.05, 0.1) is 41.9 Å². The van der Waals surface area contributed by atoms with Crippen LogP contribution in [0.3, 0.4) is 0 Å². The fourth-order valence-corrected chi connectivity index (χ4v) is 7.09. The third-order valence-corrected chi connectivity index (χ3v) is 9.62. The Morgan fingerprint density at radius 1 is 1.17 bits per heavy atom. The van der Waals surface area contributed by atoms with Crippen molar-refractivity contribution in [2.24, 2.45) is 5.92 Å². The van der Waals surface area contributed by atoms with Gasteiger partial charge in [0.25, 0.3) is 0 Å². The summed E-state index contributed by atoms with van der Waals surface area (Å²) in [6.07, 6.45) is 5.51. The Morgan fingerprint density at radius 2 is 1.85 bits per heavy atom. The zero-order valence-electron chi connectivity index (χ0n) is 24.1. The van der Waals surface area contributed by atoms with E-state index in [9.17, 15) is 19.2 Å². The summed E-state index contributed by atoms with van der Waals surface area (Å²) in [6, 6.07) is 6.06. The van der Waals surface area contributed by atoms with E-state index < -0.39 is 17.5 Å². The fourth-order valence-electron chi connectivity index (χ4n) is 6.39. The van der Waals surface area contributed by atoms with E-state index in [0.29, 0.717) is 38.0 Å². The number of piperidine rings is 1. The van der Waals surface area contributed by atoms with Crippen LogP contribution >= 0.6 is 11.8 Å². The second kappa shape index (κ2) is 11.9. The lowest BCUT2D eigenvalue weighted by Gasteiger charge is -2.43. The lowest BCUT2D eigenvalue weighted by Crippen LogP contribution is -2.60. The van der Waals surface area contributed by atoms with Crippen LogP contribution in [0.25, 0.3) is 0 Å². The molecule has 5 amide bonds. The van der Waals surface area contributed by atoms with Gasteiger partial charge in [-0.05, 0) is 70.7 Å². The first-order chi connectivity index (χ1) is 19.6. The smallest absolute Gasteiger partial charge is 0.321 e. The van der Waals surface area contributed by atoms with E-state index in [1.807, 2.05) is 0 Å². The van der Waals surface area contributed by atoms with E-state index in [1.54, 1.807) is 31.4 Å². The van der Waals surface area contributed by atoms with Gasteiger partial charge in [0, 0.05) is 30.8 Å². The molecule has 41 heavy (non-hydrogen) atoms. The Bertz CT molecular complexity index is 1210. The molecular formula is C30H39N3O7S. The normalized spacial score (nSPS) is 32.4. The number of rotatable bonds is 9. The van der Waals surface area contributed by atoms with Crippen molar-refractivity contribution < 1.29 is 33.4 Å². The molecule has 11 heteroatoms. The predicted molar refractivity (Wildman–Crippen MR) is 154 cm³/mol. The molecule has 5 rings (SSSR count). The highest BCUT2D eigenvalue weighted by molar-refractivity contribution is 8.00. The van der Waals surface area contributed by atoms with Gasteiger partial charge < -0.3 is 19.5 Å². The summed E-state index contributed by atoms with van der Waals surface area (Å²) in [4.78, 5) is 51.7. The SMILES string of the molecule is CO[C@@H]1[C@H](NC(=O)NC(=O)CSc2ccc(N3C(=O)CCCC3=O)cc2)CC[C@]2(CO2)[C@H]1[C@]1(C)O[C@@H]1CC=C(C)C. The number of hydrogen-bond acceptors (Lipinski definition) is 8. The number of urea groups is 1. The number of methoxy groups -OCH3 is 1. The Balaban J connectivity index is 1.13. The minimum atomic E-state index is -0.561. The van der Waals surface area contributed by atoms with E-state index >= 15 is 0 Å². The maximum Gasteiger partial charge on any atom is 0.321 e. The number of hydrogen-bond donors (Lipinski definition) is 2. The van der Waals surface area contributed by atoms with Crippen molar-refractivity contribution in [1.82, 2.24) is 10.6 Å². The molecule has 3 saturated heterocycles. The lowest BCUT2D eigenvalue weighted by molar-refractivity contribution is -0.129. The van der Waals surface area contributed by atoms with Crippen molar-refractivity contribution in [3.8, 4) is 0 Å². The number of amides is 5. The van der Waals surface area contributed by atoms with Crippen LogP contribution in [-0.2, 0) is 28.6 Å². The number of allylic oxidation sites excluding steroid dienone is 1. The van der Waals surface area contributed by atoms with Crippen LogP contribution < -0.4 is 15.5 Å². The molecule has 4 fully saturated rings. The maximum atomic E-state index is 12.8. The van der Waals surface area contributed by atoms with Crippen LogP contribution in [0.15, 0.2) is 40.8 Å². The van der Waals surface area contributed by atoms with Crippen LogP contribution in [0, 0.1) is 5.92 Å². The monoisotopic (exact) mass is 585 g/mol. The number of carbonyl (C=O) groups is 4. The van der Waals surface area contributed by atoms with E-state index in [4.69, 9.17) is 14.2 Å². The van der Waals surface area contributed by atoms with Crippen molar-refractivity contribution in [3.05, 3.63) is 35.9 Å². The summed E-state index contributed by atoms with van der Waals surface area (Å²) in [5.41, 5.74) is 1.07. The minimum Gasteiger partial charge on any atom is -0.379 e. The van der Waals surface area contributed by atoms with Crippen molar-refractivity contribution in [3.63, 3.8) is 0 Å². The zero-order valence-corrected chi connectivity index (χ0v) is 24.9. The maximum absolute atomic E-state index is 12.8. The molecule has 0 radical (unpaired) electrons. The molecule has 1 aliphatic carbocycles. The van der Waals surface area contributed by atoms with E-state index in [-0.39, 0.29) is 47.3 Å². The summed E-state index contributed by atoms with van der Waals surface area (Å²) in [6.45, 7) is 6.90. The number of anilines is 1. The Labute approximate surface area is 244 Å². The highest BCUT2D eigenvalue weighted by Crippen LogP contribution is 2.59. The number of imide groups is 2. The summed E-state index contributed by atoms with van der Waals surface area (Å²) in [5.74, 6) is -0.840. The van der Waals surface area contributed by atoms with Gasteiger partial charge in [-0.25, -0.2) is 4.79 Å². The molecule has 3 aliphatic heterocycles. The summed E-state index contributed by atoms with van der Waals surface area (Å²) < 4.78 is 18.1. The number of nitrogens with zero attached hydrogens (tertiary/aromatic N) is 1. The molecule has 6 atom stereocenters. The van der Waals surface area contributed by atoms with Gasteiger partial charge in [0.2, 0.25) is 17.7 Å². The summed E-state index contributed by atoms with van der Waals surface area (Å²) >= 11 is 1.26. The standard InChI is InChI=1S/C30H39N3O7S/c1-18(2)8-13-22-29(3,40-22)27-26(38-4)21(14-15-30(27)17-39-30)31-28(37)32-23(34)16-41-20-11-9-19(10-12-20)33-24(35)6-5-7-25(33)36/h8-12,21-22,26-27H,5-7,13-17H2,1-4H3,(H2,31,32,34,37)/t21-,22-,26-,27-,29-,30+/m1/s1. The van der Waals surface area contributed by atoms with Gasteiger partial charge in [-0.15, -0.1) is 11.8 Å². The third kappa shape index (κ3) is 6.38. The van der Waals surface area contributed by atoms with E-state index in [0.717, 1.165) is 17.7 Å². The van der Waals surface area contributed by atoms with Gasteiger partial charge in [0.1, 0.15) is 5.60 Å². The second-order valence-electron chi connectivity index (χ2n) is 11.8. The van der Waals surface area contributed by atoms with Crippen molar-refractivity contribution in [1.29, 1.82) is 0 Å². The zero-order chi connectivity index (χ0) is 29.4. The van der Waals surface area contributed by atoms with Crippen LogP contribution in [0.5, 0.6) is 0 Å². The molecule has 1 aromatic carbocycles. The van der Waals surface area contributed by atoms with Crippen molar-refractivity contribution >= 4 is 41.2 Å². The van der Waals surface area contributed by atoms with Crippen molar-refractivity contribution in [2.45, 2.75) is 93.6 Å². The van der Waals surface area contributed by atoms with E-state index in [2.05, 4.69) is 37.5 Å². The number of ether oxygens (including phenoxy) is 3. The number of thioether (sulfide) groups is 1. The Hall–Kier alpha value is -2.73. The first-order valence-electron chi connectivity index (χ1n) is 14.2. The quantitative estimate of drug-likeness (QED) is 0.194. The molecule has 10 nitrogen and oxygen atoms in total. The van der Waals surface area contributed by atoms with Crippen LogP contribution in [0.1, 0.15) is 59.3 Å². The molecule has 222 valence electrons. The van der Waals surface area contributed by atoms with Gasteiger partial charge in [-0.1, -0.05) is 11.6 Å².